The van der Waals surface area contributed by atoms with Crippen molar-refractivity contribution in [3.05, 3.63) is 60.2 Å². The first-order chi connectivity index (χ1) is 7.40. The van der Waals surface area contributed by atoms with Crippen LogP contribution in [0.25, 0.3) is 11.1 Å². The molecule has 2 aromatic carbocycles. The number of rotatable bonds is 3. The summed E-state index contributed by atoms with van der Waals surface area (Å²) in [6, 6.07) is 20.0. The molecule has 0 saturated heterocycles. The van der Waals surface area contributed by atoms with Crippen molar-refractivity contribution in [3.8, 4) is 11.1 Å². The fourth-order valence-corrected chi connectivity index (χ4v) is 1.73. The van der Waals surface area contributed by atoms with E-state index < -0.39 is 0 Å². The standard InChI is InChI=1S/C15H15.Li/c1-2-6-13-9-11-15(12-10-13)14-7-4-3-5-8-14;/h4-5,7-12H,2,6H2,1H3;/q-1;+1. The van der Waals surface area contributed by atoms with Crippen molar-refractivity contribution in [2.75, 3.05) is 0 Å². The summed E-state index contributed by atoms with van der Waals surface area (Å²) < 4.78 is 0. The first-order valence-corrected chi connectivity index (χ1v) is 5.45. The van der Waals surface area contributed by atoms with Crippen LogP contribution < -0.4 is 18.9 Å². The van der Waals surface area contributed by atoms with Crippen LogP contribution >= 0.6 is 0 Å². The van der Waals surface area contributed by atoms with Gasteiger partial charge in [0.15, 0.2) is 0 Å². The molecular weight excluding hydrogens is 187 g/mol. The Bertz CT molecular complexity index is 403. The Morgan fingerprint density at radius 3 is 2.00 bits per heavy atom. The van der Waals surface area contributed by atoms with E-state index in [1.165, 1.54) is 29.5 Å². The third kappa shape index (κ3) is 3.27. The van der Waals surface area contributed by atoms with Gasteiger partial charge < -0.3 is 0 Å². The van der Waals surface area contributed by atoms with Crippen LogP contribution in [0.1, 0.15) is 18.9 Å². The summed E-state index contributed by atoms with van der Waals surface area (Å²) in [6.45, 7) is 2.21. The summed E-state index contributed by atoms with van der Waals surface area (Å²) >= 11 is 0. The molecule has 0 aliphatic rings. The Morgan fingerprint density at radius 1 is 0.875 bits per heavy atom. The number of hydrogen-bond donors (Lipinski definition) is 0. The molecule has 0 amide bonds. The quantitative estimate of drug-likeness (QED) is 0.516. The fourth-order valence-electron chi connectivity index (χ4n) is 1.73. The molecule has 0 nitrogen and oxygen atoms in total. The summed E-state index contributed by atoms with van der Waals surface area (Å²) in [7, 11) is 0. The molecule has 76 valence electrons. The van der Waals surface area contributed by atoms with Crippen LogP contribution in [-0.2, 0) is 6.42 Å². The molecule has 0 saturated carbocycles. The largest absolute Gasteiger partial charge is 1.00 e. The van der Waals surface area contributed by atoms with Gasteiger partial charge in [-0.1, -0.05) is 37.6 Å². The van der Waals surface area contributed by atoms with Gasteiger partial charge in [0.05, 0.1) is 0 Å². The van der Waals surface area contributed by atoms with Crippen molar-refractivity contribution >= 4 is 0 Å². The second-order valence-electron chi connectivity index (χ2n) is 3.74. The zero-order valence-corrected chi connectivity index (χ0v) is 10.0. The third-order valence-electron chi connectivity index (χ3n) is 2.54. The van der Waals surface area contributed by atoms with Crippen LogP contribution in [0.2, 0.25) is 0 Å². The predicted octanol–water partition coefficient (Wildman–Crippen LogP) is 1.11. The molecule has 0 fully saturated rings. The molecule has 0 N–H and O–H groups in total. The van der Waals surface area contributed by atoms with Gasteiger partial charge in [-0.15, -0.1) is 5.56 Å². The average Bonchev–Trinajstić information content (AvgIpc) is 2.32. The van der Waals surface area contributed by atoms with Gasteiger partial charge in [0.25, 0.3) is 0 Å². The van der Waals surface area contributed by atoms with E-state index in [-0.39, 0.29) is 18.9 Å². The van der Waals surface area contributed by atoms with Gasteiger partial charge in [-0.2, -0.15) is 30.3 Å². The SMILES string of the molecule is CCCc1ccc(-c2cc[c-]cc2)cc1.[Li+]. The topological polar surface area (TPSA) is 0 Å². The van der Waals surface area contributed by atoms with Crippen LogP contribution in [0.5, 0.6) is 0 Å². The second kappa shape index (κ2) is 6.58. The van der Waals surface area contributed by atoms with Crippen molar-refractivity contribution in [3.63, 3.8) is 0 Å². The molecule has 0 heterocycles. The first kappa shape index (κ1) is 13.1. The van der Waals surface area contributed by atoms with Crippen LogP contribution in [0.3, 0.4) is 0 Å². The molecule has 0 radical (unpaired) electrons. The van der Waals surface area contributed by atoms with E-state index in [9.17, 15) is 0 Å². The smallest absolute Gasteiger partial charge is 0.184 e. The van der Waals surface area contributed by atoms with E-state index in [1.54, 1.807) is 0 Å². The van der Waals surface area contributed by atoms with E-state index in [4.69, 9.17) is 0 Å². The van der Waals surface area contributed by atoms with Crippen molar-refractivity contribution in [2.45, 2.75) is 19.8 Å². The minimum absolute atomic E-state index is 0. The molecule has 0 aliphatic carbocycles. The molecule has 1 heteroatoms. The van der Waals surface area contributed by atoms with Gasteiger partial charge in [-0.25, -0.2) is 0 Å². The Morgan fingerprint density at radius 2 is 1.44 bits per heavy atom. The monoisotopic (exact) mass is 202 g/mol. The van der Waals surface area contributed by atoms with Crippen LogP contribution in [0.4, 0.5) is 0 Å². The maximum absolute atomic E-state index is 3.03. The van der Waals surface area contributed by atoms with Gasteiger partial charge in [-0.3, -0.25) is 0 Å². The van der Waals surface area contributed by atoms with Crippen LogP contribution in [0, 0.1) is 6.07 Å². The summed E-state index contributed by atoms with van der Waals surface area (Å²) in [5.41, 5.74) is 3.96. The van der Waals surface area contributed by atoms with Gasteiger partial charge in [0.1, 0.15) is 0 Å². The molecule has 2 aromatic rings. The molecule has 16 heavy (non-hydrogen) atoms. The van der Waals surface area contributed by atoms with Crippen molar-refractivity contribution in [1.82, 2.24) is 0 Å². The van der Waals surface area contributed by atoms with Gasteiger partial charge in [-0.05, 0) is 17.5 Å². The minimum atomic E-state index is 0. The number of hydrogen-bond acceptors (Lipinski definition) is 0. The van der Waals surface area contributed by atoms with Gasteiger partial charge in [0, 0.05) is 0 Å². The fraction of sp³-hybridized carbons (Fsp3) is 0.200. The Balaban J connectivity index is 0.00000128. The van der Waals surface area contributed by atoms with Gasteiger partial charge >= 0.3 is 18.9 Å². The summed E-state index contributed by atoms with van der Waals surface area (Å²) in [4.78, 5) is 0. The molecule has 0 aliphatic heterocycles. The van der Waals surface area contributed by atoms with Crippen LogP contribution in [-0.4, -0.2) is 0 Å². The minimum Gasteiger partial charge on any atom is -0.184 e. The average molecular weight is 202 g/mol. The van der Waals surface area contributed by atoms with E-state index in [0.29, 0.717) is 0 Å². The van der Waals surface area contributed by atoms with E-state index in [2.05, 4.69) is 49.4 Å². The molecular formula is C15H15Li. The molecule has 0 spiro atoms. The molecule has 0 bridgehead atoms. The normalized spacial score (nSPS) is 9.56. The second-order valence-corrected chi connectivity index (χ2v) is 3.74. The molecule has 0 unspecified atom stereocenters. The van der Waals surface area contributed by atoms with Crippen LogP contribution in [0.15, 0.2) is 48.5 Å². The van der Waals surface area contributed by atoms with Crippen molar-refractivity contribution in [1.29, 1.82) is 0 Å². The first-order valence-electron chi connectivity index (χ1n) is 5.45. The summed E-state index contributed by atoms with van der Waals surface area (Å²) in [5.74, 6) is 0. The Hall–Kier alpha value is -0.963. The van der Waals surface area contributed by atoms with E-state index >= 15 is 0 Å². The molecule has 0 aromatic heterocycles. The van der Waals surface area contributed by atoms with Gasteiger partial charge in [0.2, 0.25) is 0 Å². The third-order valence-corrected chi connectivity index (χ3v) is 2.54. The Labute approximate surface area is 110 Å². The Kier molecular flexibility index (Phi) is 5.39. The van der Waals surface area contributed by atoms with E-state index in [0.717, 1.165) is 0 Å². The summed E-state index contributed by atoms with van der Waals surface area (Å²) in [6.07, 6.45) is 2.38. The zero-order chi connectivity index (χ0) is 10.5. The van der Waals surface area contributed by atoms with Crippen molar-refractivity contribution in [2.24, 2.45) is 0 Å². The van der Waals surface area contributed by atoms with E-state index in [1.807, 2.05) is 12.1 Å². The summed E-state index contributed by atoms with van der Waals surface area (Å²) in [5, 5.41) is 0. The van der Waals surface area contributed by atoms with Crippen molar-refractivity contribution < 1.29 is 18.9 Å². The maximum atomic E-state index is 3.03. The number of benzene rings is 2. The predicted molar refractivity (Wildman–Crippen MR) is 64.7 cm³/mol. The maximum Gasteiger partial charge on any atom is 1.00 e. The molecule has 0 atom stereocenters. The zero-order valence-electron chi connectivity index (χ0n) is 10.0. The number of aryl methyl sites for hydroxylation is 1. The molecule has 2 rings (SSSR count).